The van der Waals surface area contributed by atoms with Gasteiger partial charge in [-0.1, -0.05) is 20.3 Å². The van der Waals surface area contributed by atoms with Gasteiger partial charge in [0.15, 0.2) is 5.69 Å². The molecule has 0 unspecified atom stereocenters. The standard InChI is InChI=1S/C12H9N5O2.C3H8/c13-4-10-7(6-1-2-6)3-9(16-17-10)8-5-14-12(19)15-11(8)18;1-3-2/h3,5-6H,1-2H2,(H2,14,15,18,19);3H2,1-2H3. The molecular formula is C15H17N5O2. The fourth-order valence-electron chi connectivity index (χ4n) is 1.93. The van der Waals surface area contributed by atoms with Crippen molar-refractivity contribution >= 4 is 0 Å². The molecule has 1 aliphatic rings. The van der Waals surface area contributed by atoms with Gasteiger partial charge in [-0.15, -0.1) is 10.2 Å². The molecule has 0 atom stereocenters. The van der Waals surface area contributed by atoms with Gasteiger partial charge in [-0.25, -0.2) is 4.79 Å². The first kappa shape index (κ1) is 15.6. The van der Waals surface area contributed by atoms with Gasteiger partial charge in [-0.2, -0.15) is 5.26 Å². The van der Waals surface area contributed by atoms with Crippen LogP contribution in [0.5, 0.6) is 0 Å². The molecule has 2 aromatic heterocycles. The maximum atomic E-state index is 11.7. The first-order valence-corrected chi connectivity index (χ1v) is 7.20. The van der Waals surface area contributed by atoms with Crippen LogP contribution in [0.15, 0.2) is 21.9 Å². The van der Waals surface area contributed by atoms with Gasteiger partial charge in [0.05, 0.1) is 5.56 Å². The van der Waals surface area contributed by atoms with Crippen LogP contribution in [0.3, 0.4) is 0 Å². The molecule has 7 heteroatoms. The molecule has 1 saturated carbocycles. The number of hydrogen-bond acceptors (Lipinski definition) is 5. The molecule has 1 aliphatic carbocycles. The van der Waals surface area contributed by atoms with E-state index < -0.39 is 11.2 Å². The van der Waals surface area contributed by atoms with E-state index in [1.807, 2.05) is 6.07 Å². The highest BCUT2D eigenvalue weighted by Gasteiger charge is 2.28. The van der Waals surface area contributed by atoms with Gasteiger partial charge in [0, 0.05) is 6.20 Å². The van der Waals surface area contributed by atoms with E-state index in [1.54, 1.807) is 6.07 Å². The Balaban J connectivity index is 0.000000545. The summed E-state index contributed by atoms with van der Waals surface area (Å²) in [5, 5.41) is 16.7. The van der Waals surface area contributed by atoms with Gasteiger partial charge in [0.1, 0.15) is 11.8 Å². The van der Waals surface area contributed by atoms with Gasteiger partial charge in [0.25, 0.3) is 5.56 Å². The molecule has 3 rings (SSSR count). The third-order valence-electron chi connectivity index (χ3n) is 3.04. The Kier molecular flexibility index (Phi) is 4.84. The van der Waals surface area contributed by atoms with Crippen molar-refractivity contribution in [2.45, 2.75) is 39.0 Å². The Hall–Kier alpha value is -2.75. The molecule has 1 fully saturated rings. The van der Waals surface area contributed by atoms with E-state index >= 15 is 0 Å². The number of nitriles is 1. The number of rotatable bonds is 2. The van der Waals surface area contributed by atoms with Gasteiger partial charge in [-0.3, -0.25) is 9.78 Å². The molecule has 2 heterocycles. The topological polar surface area (TPSA) is 115 Å². The SMILES string of the molecule is CCC.N#Cc1nnc(-c2c[nH]c(=O)[nH]c2=O)cc1C1CC1. The molecule has 0 amide bonds. The van der Waals surface area contributed by atoms with Crippen molar-refractivity contribution in [2.75, 3.05) is 0 Å². The van der Waals surface area contributed by atoms with Crippen LogP contribution in [0, 0.1) is 11.3 Å². The quantitative estimate of drug-likeness (QED) is 0.875. The van der Waals surface area contributed by atoms with Crippen molar-refractivity contribution in [1.82, 2.24) is 20.2 Å². The molecule has 0 bridgehead atoms. The molecule has 0 radical (unpaired) electrons. The van der Waals surface area contributed by atoms with Gasteiger partial charge in [0.2, 0.25) is 0 Å². The molecule has 114 valence electrons. The second kappa shape index (κ2) is 6.80. The van der Waals surface area contributed by atoms with Crippen LogP contribution in [0.1, 0.15) is 50.3 Å². The highest BCUT2D eigenvalue weighted by molar-refractivity contribution is 5.58. The van der Waals surface area contributed by atoms with Crippen LogP contribution in [0.4, 0.5) is 0 Å². The number of nitrogens with zero attached hydrogens (tertiary/aromatic N) is 3. The molecule has 22 heavy (non-hydrogen) atoms. The third-order valence-corrected chi connectivity index (χ3v) is 3.04. The second-order valence-corrected chi connectivity index (χ2v) is 5.11. The zero-order chi connectivity index (χ0) is 16.1. The Morgan fingerprint density at radius 1 is 1.32 bits per heavy atom. The van der Waals surface area contributed by atoms with Gasteiger partial charge < -0.3 is 4.98 Å². The predicted octanol–water partition coefficient (Wildman–Crippen LogP) is 1.69. The van der Waals surface area contributed by atoms with Crippen molar-refractivity contribution in [3.8, 4) is 17.3 Å². The minimum absolute atomic E-state index is 0.235. The smallest absolute Gasteiger partial charge is 0.313 e. The van der Waals surface area contributed by atoms with Crippen LogP contribution in [0.2, 0.25) is 0 Å². The van der Waals surface area contributed by atoms with Crippen LogP contribution in [-0.4, -0.2) is 20.2 Å². The average Bonchev–Trinajstić information content (AvgIpc) is 3.32. The molecule has 0 saturated heterocycles. The lowest BCUT2D eigenvalue weighted by atomic mass is 10.1. The summed E-state index contributed by atoms with van der Waals surface area (Å²) < 4.78 is 0. The lowest BCUT2D eigenvalue weighted by Gasteiger charge is -2.03. The number of aromatic nitrogens is 4. The number of hydrogen-bond donors (Lipinski definition) is 2. The zero-order valence-electron chi connectivity index (χ0n) is 12.5. The minimum atomic E-state index is -0.572. The Labute approximate surface area is 127 Å². The van der Waals surface area contributed by atoms with E-state index in [0.717, 1.165) is 18.4 Å². The first-order valence-electron chi connectivity index (χ1n) is 7.20. The van der Waals surface area contributed by atoms with Crippen molar-refractivity contribution in [3.63, 3.8) is 0 Å². The molecule has 7 nitrogen and oxygen atoms in total. The normalized spacial score (nSPS) is 13.0. The average molecular weight is 299 g/mol. The monoisotopic (exact) mass is 299 g/mol. The highest BCUT2D eigenvalue weighted by Crippen LogP contribution is 2.41. The lowest BCUT2D eigenvalue weighted by Crippen LogP contribution is -2.23. The fraction of sp³-hybridized carbons (Fsp3) is 0.400. The van der Waals surface area contributed by atoms with Gasteiger partial charge >= 0.3 is 5.69 Å². The zero-order valence-corrected chi connectivity index (χ0v) is 12.5. The van der Waals surface area contributed by atoms with E-state index in [0.29, 0.717) is 17.3 Å². The van der Waals surface area contributed by atoms with Crippen LogP contribution < -0.4 is 11.2 Å². The van der Waals surface area contributed by atoms with Crippen LogP contribution in [0.25, 0.3) is 11.3 Å². The van der Waals surface area contributed by atoms with Crippen LogP contribution >= 0.6 is 0 Å². The lowest BCUT2D eigenvalue weighted by molar-refractivity contribution is 0.952. The van der Waals surface area contributed by atoms with Crippen molar-refractivity contribution in [3.05, 3.63) is 44.4 Å². The maximum absolute atomic E-state index is 11.7. The summed E-state index contributed by atoms with van der Waals surface area (Å²) in [6.45, 7) is 4.25. The fourth-order valence-corrected chi connectivity index (χ4v) is 1.93. The summed E-state index contributed by atoms with van der Waals surface area (Å²) >= 11 is 0. The number of nitrogens with one attached hydrogen (secondary N) is 2. The number of aromatic amines is 2. The number of H-pyrrole nitrogens is 2. The van der Waals surface area contributed by atoms with E-state index in [1.165, 1.54) is 12.6 Å². The minimum Gasteiger partial charge on any atom is -0.313 e. The summed E-state index contributed by atoms with van der Waals surface area (Å²) in [4.78, 5) is 27.2. The molecule has 0 aromatic carbocycles. The first-order chi connectivity index (χ1) is 10.6. The predicted molar refractivity (Wildman–Crippen MR) is 81.4 cm³/mol. The molecule has 2 aromatic rings. The molecule has 0 spiro atoms. The van der Waals surface area contributed by atoms with Crippen molar-refractivity contribution in [1.29, 1.82) is 5.26 Å². The Morgan fingerprint density at radius 3 is 2.55 bits per heavy atom. The maximum Gasteiger partial charge on any atom is 0.325 e. The molecule has 2 N–H and O–H groups in total. The van der Waals surface area contributed by atoms with E-state index in [-0.39, 0.29) is 5.56 Å². The third kappa shape index (κ3) is 3.47. The largest absolute Gasteiger partial charge is 0.325 e. The molecular weight excluding hydrogens is 282 g/mol. The van der Waals surface area contributed by atoms with Crippen molar-refractivity contribution in [2.24, 2.45) is 0 Å². The summed E-state index contributed by atoms with van der Waals surface area (Å²) in [6.07, 6.45) is 4.58. The Bertz CT molecular complexity index is 812. The Morgan fingerprint density at radius 2 is 2.00 bits per heavy atom. The summed E-state index contributed by atoms with van der Waals surface area (Å²) in [5.74, 6) is 0.325. The van der Waals surface area contributed by atoms with E-state index in [9.17, 15) is 9.59 Å². The molecule has 0 aliphatic heterocycles. The van der Waals surface area contributed by atoms with Crippen molar-refractivity contribution < 1.29 is 0 Å². The summed E-state index contributed by atoms with van der Waals surface area (Å²) in [7, 11) is 0. The van der Waals surface area contributed by atoms with Gasteiger partial charge in [-0.05, 0) is 30.4 Å². The highest BCUT2D eigenvalue weighted by atomic mass is 16.2. The van der Waals surface area contributed by atoms with E-state index in [2.05, 4.69) is 34.0 Å². The summed E-state index contributed by atoms with van der Waals surface area (Å²) in [6, 6.07) is 3.70. The van der Waals surface area contributed by atoms with Crippen LogP contribution in [-0.2, 0) is 0 Å². The summed E-state index contributed by atoms with van der Waals surface area (Å²) in [5.41, 5.74) is 0.615. The van der Waals surface area contributed by atoms with E-state index in [4.69, 9.17) is 5.26 Å². The second-order valence-electron chi connectivity index (χ2n) is 5.11.